The Balaban J connectivity index is 1.37. The molecule has 2 N–H and O–H groups in total. The second-order valence-corrected chi connectivity index (χ2v) is 6.35. The molecule has 1 fully saturated rings. The molecule has 7 nitrogen and oxygen atoms in total. The third kappa shape index (κ3) is 4.95. The molecule has 0 aromatic heterocycles. The summed E-state index contributed by atoms with van der Waals surface area (Å²) in [7, 11) is 0. The van der Waals surface area contributed by atoms with Gasteiger partial charge in [-0.1, -0.05) is 30.3 Å². The van der Waals surface area contributed by atoms with Crippen molar-refractivity contribution in [2.45, 2.75) is 32.3 Å². The maximum Gasteiger partial charge on any atom is 0.410 e. The molecule has 2 heterocycles. The molecule has 0 saturated carbocycles. The third-order valence-corrected chi connectivity index (χ3v) is 4.53. The van der Waals surface area contributed by atoms with Crippen LogP contribution < -0.4 is 10.9 Å². The molecule has 0 spiro atoms. The highest BCUT2D eigenvalue weighted by atomic mass is 16.6. The zero-order valence-corrected chi connectivity index (χ0v) is 14.2. The van der Waals surface area contributed by atoms with Gasteiger partial charge in [0.05, 0.1) is 0 Å². The molecule has 0 bridgehead atoms. The highest BCUT2D eigenvalue weighted by molar-refractivity contribution is 5.87. The van der Waals surface area contributed by atoms with Crippen molar-refractivity contribution in [3.63, 3.8) is 0 Å². The fourth-order valence-corrected chi connectivity index (χ4v) is 3.01. The van der Waals surface area contributed by atoms with E-state index in [0.717, 1.165) is 30.8 Å². The minimum absolute atomic E-state index is 0.0353. The summed E-state index contributed by atoms with van der Waals surface area (Å²) in [5.41, 5.74) is 6.59. The number of amidine groups is 1. The molecule has 0 atom stereocenters. The summed E-state index contributed by atoms with van der Waals surface area (Å²) >= 11 is 0. The molecule has 7 heteroatoms. The van der Waals surface area contributed by atoms with Gasteiger partial charge in [0, 0.05) is 32.0 Å². The second-order valence-electron chi connectivity index (χ2n) is 6.35. The molecule has 2 amide bonds. The van der Waals surface area contributed by atoms with E-state index in [1.54, 1.807) is 4.90 Å². The largest absolute Gasteiger partial charge is 0.445 e. The number of carbonyl (C=O) groups excluding carboxylic acids is 2. The molecular weight excluding hydrogens is 320 g/mol. The Bertz CT molecular complexity index is 624. The highest BCUT2D eigenvalue weighted by Crippen LogP contribution is 2.18. The van der Waals surface area contributed by atoms with Gasteiger partial charge < -0.3 is 9.64 Å². The monoisotopic (exact) mass is 344 g/mol. The molecule has 25 heavy (non-hydrogen) atoms. The van der Waals surface area contributed by atoms with Crippen molar-refractivity contribution < 1.29 is 14.3 Å². The number of carbonyl (C=O) groups is 2. The average Bonchev–Trinajstić information content (AvgIpc) is 3.19. The quantitative estimate of drug-likeness (QED) is 0.820. The van der Waals surface area contributed by atoms with Gasteiger partial charge in [0.25, 0.3) is 0 Å². The molecule has 1 aromatic rings. The van der Waals surface area contributed by atoms with Crippen molar-refractivity contribution in [3.8, 4) is 0 Å². The Kier molecular flexibility index (Phi) is 5.87. The van der Waals surface area contributed by atoms with Gasteiger partial charge in [-0.25, -0.2) is 4.79 Å². The molecule has 3 rings (SSSR count). The van der Waals surface area contributed by atoms with Crippen LogP contribution in [0.1, 0.15) is 31.2 Å². The number of hydrogen-bond donors (Lipinski definition) is 2. The first kappa shape index (κ1) is 17.3. The van der Waals surface area contributed by atoms with Gasteiger partial charge in [0.15, 0.2) is 0 Å². The molecule has 1 saturated heterocycles. The first-order chi connectivity index (χ1) is 12.2. The number of hydrogen-bond acceptors (Lipinski definition) is 5. The zero-order chi connectivity index (χ0) is 17.5. The van der Waals surface area contributed by atoms with E-state index in [1.165, 1.54) is 0 Å². The van der Waals surface area contributed by atoms with Crippen LogP contribution >= 0.6 is 0 Å². The van der Waals surface area contributed by atoms with E-state index in [-0.39, 0.29) is 24.5 Å². The van der Waals surface area contributed by atoms with Crippen LogP contribution in [0.15, 0.2) is 35.3 Å². The van der Waals surface area contributed by atoms with Gasteiger partial charge in [0.1, 0.15) is 12.4 Å². The fourth-order valence-electron chi connectivity index (χ4n) is 3.01. The van der Waals surface area contributed by atoms with Gasteiger partial charge in [-0.05, 0) is 24.8 Å². The van der Waals surface area contributed by atoms with Crippen LogP contribution in [0.5, 0.6) is 0 Å². The molecule has 134 valence electrons. The predicted octanol–water partition coefficient (Wildman–Crippen LogP) is 1.85. The fraction of sp³-hybridized carbons (Fsp3) is 0.500. The predicted molar refractivity (Wildman–Crippen MR) is 93.7 cm³/mol. The van der Waals surface area contributed by atoms with E-state index in [9.17, 15) is 9.59 Å². The van der Waals surface area contributed by atoms with Gasteiger partial charge in [0.2, 0.25) is 5.91 Å². The molecule has 2 aliphatic rings. The normalized spacial score (nSPS) is 17.8. The van der Waals surface area contributed by atoms with E-state index in [4.69, 9.17) is 4.74 Å². The Morgan fingerprint density at radius 3 is 2.64 bits per heavy atom. The van der Waals surface area contributed by atoms with Crippen LogP contribution in [0.3, 0.4) is 0 Å². The van der Waals surface area contributed by atoms with Crippen molar-refractivity contribution in [3.05, 3.63) is 35.9 Å². The molecule has 2 aliphatic heterocycles. The van der Waals surface area contributed by atoms with Crippen molar-refractivity contribution in [1.29, 1.82) is 0 Å². The van der Waals surface area contributed by atoms with Crippen molar-refractivity contribution >= 4 is 17.8 Å². The van der Waals surface area contributed by atoms with E-state index in [2.05, 4.69) is 15.8 Å². The maximum atomic E-state index is 12.2. The maximum absolute atomic E-state index is 12.2. The van der Waals surface area contributed by atoms with Crippen LogP contribution in [-0.2, 0) is 16.1 Å². The van der Waals surface area contributed by atoms with E-state index < -0.39 is 0 Å². The molecule has 0 radical (unpaired) electrons. The average molecular weight is 344 g/mol. The summed E-state index contributed by atoms with van der Waals surface area (Å²) in [5.74, 6) is 0.717. The lowest BCUT2D eigenvalue weighted by atomic mass is 9.96. The van der Waals surface area contributed by atoms with Gasteiger partial charge in [-0.2, -0.15) is 0 Å². The first-order valence-corrected chi connectivity index (χ1v) is 8.77. The lowest BCUT2D eigenvalue weighted by Gasteiger charge is -2.30. The number of likely N-dealkylation sites (tertiary alicyclic amines) is 1. The molecule has 0 unspecified atom stereocenters. The number of ether oxygens (including phenoxy) is 1. The number of benzene rings is 1. The number of aliphatic imine (C=N–C) groups is 1. The van der Waals surface area contributed by atoms with Gasteiger partial charge in [-0.15, -0.1) is 0 Å². The topological polar surface area (TPSA) is 83.0 Å². The summed E-state index contributed by atoms with van der Waals surface area (Å²) in [6.07, 6.45) is 2.87. The van der Waals surface area contributed by atoms with Gasteiger partial charge in [-0.3, -0.25) is 20.6 Å². The summed E-state index contributed by atoms with van der Waals surface area (Å²) in [5, 5.41) is 0. The number of nitrogens with one attached hydrogen (secondary N) is 2. The number of amides is 2. The highest BCUT2D eigenvalue weighted by Gasteiger charge is 2.28. The Morgan fingerprint density at radius 2 is 1.96 bits per heavy atom. The number of piperidine rings is 1. The van der Waals surface area contributed by atoms with Crippen molar-refractivity contribution in [2.75, 3.05) is 19.6 Å². The Morgan fingerprint density at radius 1 is 1.20 bits per heavy atom. The minimum Gasteiger partial charge on any atom is -0.445 e. The molecule has 0 aliphatic carbocycles. The summed E-state index contributed by atoms with van der Waals surface area (Å²) < 4.78 is 5.34. The molecule has 1 aromatic carbocycles. The standard InChI is InChI=1S/C18H24N4O3/c23-17(21-20-16-7-4-10-19-16)15-8-11-22(12-9-15)18(24)25-13-14-5-2-1-3-6-14/h1-3,5-6,15H,4,7-13H2,(H,19,20)(H,21,23). The van der Waals surface area contributed by atoms with Crippen molar-refractivity contribution in [1.82, 2.24) is 15.8 Å². The number of nitrogens with zero attached hydrogens (tertiary/aromatic N) is 2. The Hall–Kier alpha value is -2.57. The lowest BCUT2D eigenvalue weighted by molar-refractivity contribution is -0.126. The first-order valence-electron chi connectivity index (χ1n) is 8.77. The summed E-state index contributed by atoms with van der Waals surface area (Å²) in [6.45, 7) is 2.16. The van der Waals surface area contributed by atoms with Crippen LogP contribution in [-0.4, -0.2) is 42.4 Å². The van der Waals surface area contributed by atoms with E-state index >= 15 is 0 Å². The SMILES string of the molecule is O=C(NNC1=NCCC1)C1CCN(C(=O)OCc2ccccc2)CC1. The van der Waals surface area contributed by atoms with Crippen LogP contribution in [0.4, 0.5) is 4.79 Å². The van der Waals surface area contributed by atoms with Gasteiger partial charge >= 0.3 is 6.09 Å². The molecular formula is C18H24N4O3. The van der Waals surface area contributed by atoms with Crippen molar-refractivity contribution in [2.24, 2.45) is 10.9 Å². The van der Waals surface area contributed by atoms with E-state index in [0.29, 0.717) is 25.9 Å². The number of hydrazine groups is 1. The van der Waals surface area contributed by atoms with Crippen LogP contribution in [0.25, 0.3) is 0 Å². The van der Waals surface area contributed by atoms with E-state index in [1.807, 2.05) is 30.3 Å². The third-order valence-electron chi connectivity index (χ3n) is 4.53. The number of rotatable bonds is 3. The lowest BCUT2D eigenvalue weighted by Crippen LogP contribution is -2.48. The summed E-state index contributed by atoms with van der Waals surface area (Å²) in [4.78, 5) is 30.2. The second kappa shape index (κ2) is 8.50. The summed E-state index contributed by atoms with van der Waals surface area (Å²) in [6, 6.07) is 9.60. The smallest absolute Gasteiger partial charge is 0.410 e. The zero-order valence-electron chi connectivity index (χ0n) is 14.2. The van der Waals surface area contributed by atoms with Crippen LogP contribution in [0.2, 0.25) is 0 Å². The van der Waals surface area contributed by atoms with Crippen LogP contribution in [0, 0.1) is 5.92 Å². The minimum atomic E-state index is -0.318. The Labute approximate surface area is 147 Å².